The summed E-state index contributed by atoms with van der Waals surface area (Å²) in [5.41, 5.74) is 0.200. The summed E-state index contributed by atoms with van der Waals surface area (Å²) < 4.78 is 27.4. The van der Waals surface area contributed by atoms with Crippen molar-refractivity contribution in [3.63, 3.8) is 0 Å². The Hall–Kier alpha value is -2.68. The molecule has 0 unspecified atom stereocenters. The fraction of sp³-hybridized carbons (Fsp3) is 0.500. The van der Waals surface area contributed by atoms with Crippen LogP contribution in [0.25, 0.3) is 0 Å². The highest BCUT2D eigenvalue weighted by molar-refractivity contribution is 7.92. The lowest BCUT2D eigenvalue weighted by molar-refractivity contribution is -0.124. The third-order valence-corrected chi connectivity index (χ3v) is 8.52. The zero-order valence-corrected chi connectivity index (χ0v) is 18.9. The smallest absolute Gasteiger partial charge is 0.255 e. The van der Waals surface area contributed by atoms with Gasteiger partial charge in [-0.15, -0.1) is 0 Å². The van der Waals surface area contributed by atoms with E-state index >= 15 is 0 Å². The molecule has 4 rings (SSSR count). The number of anilines is 2. The van der Waals surface area contributed by atoms with E-state index in [9.17, 15) is 18.0 Å². The molecule has 0 spiro atoms. The Balaban J connectivity index is 1.58. The van der Waals surface area contributed by atoms with Crippen molar-refractivity contribution in [3.8, 4) is 0 Å². The Bertz CT molecular complexity index is 1130. The molecular formula is C22H28N4O4S. The van der Waals surface area contributed by atoms with Gasteiger partial charge in [-0.1, -0.05) is 32.8 Å². The monoisotopic (exact) mass is 444 g/mol. The van der Waals surface area contributed by atoms with E-state index in [1.54, 1.807) is 41.0 Å². The molecule has 166 valence electrons. The van der Waals surface area contributed by atoms with Gasteiger partial charge in [-0.3, -0.25) is 19.2 Å². The lowest BCUT2D eigenvalue weighted by atomic mass is 9.92. The number of benzene rings is 1. The molecule has 2 aromatic rings. The standard InChI is InChI=1S/C22H28N4O4S/c1-22(2)11-12-26(21(22)28)19-18(14-25(3)24-19)23-20(27)15-7-6-10-17(13-15)31(29,30)16-8-4-5-9-16/h6-7,10,13-14,16H,4-5,8-9,11-12H2,1-3H3,(H,23,27). The van der Waals surface area contributed by atoms with Crippen LogP contribution in [0.4, 0.5) is 11.5 Å². The van der Waals surface area contributed by atoms with Gasteiger partial charge in [0.15, 0.2) is 15.7 Å². The number of carbonyl (C=O) groups excluding carboxylic acids is 2. The van der Waals surface area contributed by atoms with E-state index in [1.807, 2.05) is 13.8 Å². The molecule has 1 aromatic carbocycles. The van der Waals surface area contributed by atoms with E-state index in [1.165, 1.54) is 6.07 Å². The number of hydrogen-bond donors (Lipinski definition) is 1. The van der Waals surface area contributed by atoms with Gasteiger partial charge < -0.3 is 5.32 Å². The first kappa shape index (κ1) is 21.5. The lowest BCUT2D eigenvalue weighted by Crippen LogP contribution is -2.32. The van der Waals surface area contributed by atoms with Gasteiger partial charge in [0.1, 0.15) is 5.69 Å². The van der Waals surface area contributed by atoms with E-state index < -0.39 is 21.2 Å². The minimum absolute atomic E-state index is 0.0358. The molecule has 2 aliphatic rings. The zero-order chi connectivity index (χ0) is 22.4. The molecule has 0 bridgehead atoms. The maximum atomic E-state index is 13.0. The molecule has 2 amide bonds. The van der Waals surface area contributed by atoms with Gasteiger partial charge in [-0.05, 0) is 37.5 Å². The number of aryl methyl sites for hydroxylation is 1. The highest BCUT2D eigenvalue weighted by Gasteiger charge is 2.41. The number of nitrogens with zero attached hydrogens (tertiary/aromatic N) is 3. The maximum Gasteiger partial charge on any atom is 0.255 e. The van der Waals surface area contributed by atoms with Crippen molar-refractivity contribution in [2.75, 3.05) is 16.8 Å². The molecule has 9 heteroatoms. The molecule has 2 heterocycles. The van der Waals surface area contributed by atoms with Crippen LogP contribution in [0.2, 0.25) is 0 Å². The highest BCUT2D eigenvalue weighted by atomic mass is 32.2. The molecule has 1 saturated heterocycles. The van der Waals surface area contributed by atoms with Crippen molar-refractivity contribution in [1.82, 2.24) is 9.78 Å². The number of rotatable bonds is 5. The van der Waals surface area contributed by atoms with Gasteiger partial charge in [0, 0.05) is 24.6 Å². The molecule has 1 aromatic heterocycles. The van der Waals surface area contributed by atoms with Crippen LogP contribution >= 0.6 is 0 Å². The zero-order valence-electron chi connectivity index (χ0n) is 18.1. The molecule has 0 atom stereocenters. The summed E-state index contributed by atoms with van der Waals surface area (Å²) in [4.78, 5) is 27.4. The van der Waals surface area contributed by atoms with Crippen LogP contribution in [-0.2, 0) is 21.7 Å². The largest absolute Gasteiger partial charge is 0.317 e. The van der Waals surface area contributed by atoms with Gasteiger partial charge in [-0.2, -0.15) is 5.10 Å². The molecule has 1 aliphatic heterocycles. The van der Waals surface area contributed by atoms with Gasteiger partial charge in [0.2, 0.25) is 5.91 Å². The quantitative estimate of drug-likeness (QED) is 0.763. The molecular weight excluding hydrogens is 416 g/mol. The second-order valence-electron chi connectivity index (χ2n) is 9.06. The Morgan fingerprint density at radius 1 is 1.23 bits per heavy atom. The van der Waals surface area contributed by atoms with Crippen LogP contribution in [0.15, 0.2) is 35.4 Å². The summed E-state index contributed by atoms with van der Waals surface area (Å²) in [5, 5.41) is 6.81. The summed E-state index contributed by atoms with van der Waals surface area (Å²) in [6, 6.07) is 6.16. The Morgan fingerprint density at radius 2 is 1.94 bits per heavy atom. The number of sulfone groups is 1. The van der Waals surface area contributed by atoms with Gasteiger partial charge in [0.05, 0.1) is 16.3 Å². The van der Waals surface area contributed by atoms with Crippen LogP contribution in [0.3, 0.4) is 0 Å². The highest BCUT2D eigenvalue weighted by Crippen LogP contribution is 2.36. The van der Waals surface area contributed by atoms with E-state index in [4.69, 9.17) is 0 Å². The fourth-order valence-electron chi connectivity index (χ4n) is 4.33. The second-order valence-corrected chi connectivity index (χ2v) is 11.3. The molecule has 0 radical (unpaired) electrons. The van der Waals surface area contributed by atoms with Crippen LogP contribution in [-0.4, -0.2) is 41.8 Å². The predicted molar refractivity (Wildman–Crippen MR) is 118 cm³/mol. The fourth-order valence-corrected chi connectivity index (χ4v) is 6.23. The molecule has 31 heavy (non-hydrogen) atoms. The minimum Gasteiger partial charge on any atom is -0.317 e. The summed E-state index contributed by atoms with van der Waals surface area (Å²) >= 11 is 0. The number of hydrogen-bond acceptors (Lipinski definition) is 5. The molecule has 2 fully saturated rings. The first-order valence-electron chi connectivity index (χ1n) is 10.6. The summed E-state index contributed by atoms with van der Waals surface area (Å²) in [7, 11) is -1.73. The normalized spacial score (nSPS) is 19.2. The Labute approximate surface area is 182 Å². The van der Waals surface area contributed by atoms with Crippen molar-refractivity contribution in [2.45, 2.75) is 56.1 Å². The minimum atomic E-state index is -3.45. The summed E-state index contributed by atoms with van der Waals surface area (Å²) in [6.45, 7) is 4.32. The third-order valence-electron chi connectivity index (χ3n) is 6.26. The lowest BCUT2D eigenvalue weighted by Gasteiger charge is -2.18. The van der Waals surface area contributed by atoms with E-state index in [0.717, 1.165) is 12.8 Å². The van der Waals surface area contributed by atoms with Gasteiger partial charge in [0.25, 0.3) is 5.91 Å². The number of aromatic nitrogens is 2. The van der Waals surface area contributed by atoms with Crippen molar-refractivity contribution >= 4 is 33.2 Å². The molecule has 1 aliphatic carbocycles. The van der Waals surface area contributed by atoms with E-state index in [-0.39, 0.29) is 21.6 Å². The Morgan fingerprint density at radius 3 is 2.58 bits per heavy atom. The number of nitrogens with one attached hydrogen (secondary N) is 1. The van der Waals surface area contributed by atoms with Crippen molar-refractivity contribution < 1.29 is 18.0 Å². The van der Waals surface area contributed by atoms with Crippen molar-refractivity contribution in [1.29, 1.82) is 0 Å². The predicted octanol–water partition coefficient (Wildman–Crippen LogP) is 3.15. The molecule has 1 saturated carbocycles. The van der Waals surface area contributed by atoms with Crippen LogP contribution in [0.1, 0.15) is 56.3 Å². The summed E-state index contributed by atoms with van der Waals surface area (Å²) in [5.74, 6) is -0.0730. The van der Waals surface area contributed by atoms with E-state index in [2.05, 4.69) is 10.4 Å². The van der Waals surface area contributed by atoms with Gasteiger partial charge in [-0.25, -0.2) is 8.42 Å². The maximum absolute atomic E-state index is 13.0. The topological polar surface area (TPSA) is 101 Å². The SMILES string of the molecule is Cn1cc(NC(=O)c2cccc(S(=O)(=O)C3CCCC3)c2)c(N2CCC(C)(C)C2=O)n1. The van der Waals surface area contributed by atoms with Crippen LogP contribution < -0.4 is 10.2 Å². The van der Waals surface area contributed by atoms with Gasteiger partial charge >= 0.3 is 0 Å². The Kier molecular flexibility index (Phi) is 5.41. The van der Waals surface area contributed by atoms with Crippen LogP contribution in [0, 0.1) is 5.41 Å². The number of amides is 2. The van der Waals surface area contributed by atoms with E-state index in [0.29, 0.717) is 37.3 Å². The van der Waals surface area contributed by atoms with Crippen molar-refractivity contribution in [3.05, 3.63) is 36.0 Å². The van der Waals surface area contributed by atoms with Crippen LogP contribution in [0.5, 0.6) is 0 Å². The third kappa shape index (κ3) is 3.98. The molecule has 8 nitrogen and oxygen atoms in total. The first-order valence-corrected chi connectivity index (χ1v) is 12.2. The second kappa shape index (κ2) is 7.78. The average Bonchev–Trinajstić information content (AvgIpc) is 3.44. The average molecular weight is 445 g/mol. The first-order chi connectivity index (χ1) is 14.6. The van der Waals surface area contributed by atoms with Crippen molar-refractivity contribution in [2.24, 2.45) is 12.5 Å². The molecule has 1 N–H and O–H groups in total. The number of carbonyl (C=O) groups is 2. The summed E-state index contributed by atoms with van der Waals surface area (Å²) in [6.07, 6.45) is 5.51.